The van der Waals surface area contributed by atoms with Crippen LogP contribution in [0, 0.1) is 5.92 Å². The van der Waals surface area contributed by atoms with Gasteiger partial charge in [-0.25, -0.2) is 14.5 Å². The largest absolute Gasteiger partial charge is 0.207 e. The summed E-state index contributed by atoms with van der Waals surface area (Å²) in [5.41, 5.74) is 2.20. The molecule has 0 unspecified atom stereocenters. The van der Waals surface area contributed by atoms with Gasteiger partial charge in [-0.2, -0.15) is 5.10 Å². The van der Waals surface area contributed by atoms with Crippen LogP contribution in [-0.4, -0.2) is 25.8 Å². The highest BCUT2D eigenvalue weighted by atomic mass is 32.2. The van der Waals surface area contributed by atoms with Gasteiger partial charge in [0.05, 0.1) is 6.20 Å². The van der Waals surface area contributed by atoms with E-state index in [1.165, 1.54) is 24.8 Å². The summed E-state index contributed by atoms with van der Waals surface area (Å²) < 4.78 is 1.95. The van der Waals surface area contributed by atoms with Gasteiger partial charge in [0, 0.05) is 12.0 Å². The van der Waals surface area contributed by atoms with Crippen LogP contribution in [0.15, 0.2) is 11.4 Å². The molecule has 102 valence electrons. The monoisotopic (exact) mass is 276 g/mol. The molecule has 0 spiro atoms. The Morgan fingerprint density at radius 1 is 1.37 bits per heavy atom. The van der Waals surface area contributed by atoms with Crippen molar-refractivity contribution in [3.8, 4) is 0 Å². The van der Waals surface area contributed by atoms with Gasteiger partial charge in [-0.05, 0) is 18.1 Å². The molecule has 0 atom stereocenters. The zero-order chi connectivity index (χ0) is 13.4. The Hall–Kier alpha value is -1.10. The standard InChI is InChI=1S/C14H20N4S/c1-9(2)11-8-15-18-12(7-10-5-4-6-10)16-14(19-3)17-13(11)18/h8-10H,4-7H2,1-3H3. The summed E-state index contributed by atoms with van der Waals surface area (Å²) in [5.74, 6) is 2.31. The molecule has 2 aromatic rings. The number of aromatic nitrogens is 4. The molecule has 1 saturated carbocycles. The van der Waals surface area contributed by atoms with Crippen LogP contribution in [-0.2, 0) is 6.42 Å². The van der Waals surface area contributed by atoms with Crippen LogP contribution in [0.25, 0.3) is 5.65 Å². The Morgan fingerprint density at radius 2 is 2.16 bits per heavy atom. The van der Waals surface area contributed by atoms with Crippen molar-refractivity contribution in [2.45, 2.75) is 50.6 Å². The van der Waals surface area contributed by atoms with Crippen LogP contribution in [0.3, 0.4) is 0 Å². The summed E-state index contributed by atoms with van der Waals surface area (Å²) in [6.45, 7) is 4.37. The van der Waals surface area contributed by atoms with Crippen molar-refractivity contribution >= 4 is 17.4 Å². The lowest BCUT2D eigenvalue weighted by Gasteiger charge is -2.24. The van der Waals surface area contributed by atoms with Crippen molar-refractivity contribution in [3.05, 3.63) is 17.6 Å². The van der Waals surface area contributed by atoms with Crippen LogP contribution in [0.1, 0.15) is 50.4 Å². The first-order chi connectivity index (χ1) is 9.19. The summed E-state index contributed by atoms with van der Waals surface area (Å²) in [6.07, 6.45) is 9.04. The third-order valence-electron chi connectivity index (χ3n) is 3.94. The van der Waals surface area contributed by atoms with Crippen molar-refractivity contribution < 1.29 is 0 Å². The van der Waals surface area contributed by atoms with Crippen molar-refractivity contribution in [2.24, 2.45) is 5.92 Å². The van der Waals surface area contributed by atoms with E-state index in [0.717, 1.165) is 29.0 Å². The van der Waals surface area contributed by atoms with Crippen molar-refractivity contribution in [1.29, 1.82) is 0 Å². The number of hydrogen-bond acceptors (Lipinski definition) is 4. The molecule has 1 fully saturated rings. The molecule has 2 heterocycles. The van der Waals surface area contributed by atoms with Crippen molar-refractivity contribution in [2.75, 3.05) is 6.26 Å². The molecule has 4 nitrogen and oxygen atoms in total. The highest BCUT2D eigenvalue weighted by molar-refractivity contribution is 7.98. The van der Waals surface area contributed by atoms with E-state index in [4.69, 9.17) is 0 Å². The number of rotatable bonds is 4. The topological polar surface area (TPSA) is 43.1 Å². The van der Waals surface area contributed by atoms with Gasteiger partial charge in [0.15, 0.2) is 10.8 Å². The van der Waals surface area contributed by atoms with Gasteiger partial charge in [0.1, 0.15) is 5.82 Å². The summed E-state index contributed by atoms with van der Waals surface area (Å²) in [4.78, 5) is 9.31. The Balaban J connectivity index is 2.08. The van der Waals surface area contributed by atoms with E-state index >= 15 is 0 Å². The minimum absolute atomic E-state index is 0.443. The Kier molecular flexibility index (Phi) is 3.48. The van der Waals surface area contributed by atoms with Gasteiger partial charge < -0.3 is 0 Å². The maximum absolute atomic E-state index is 4.67. The van der Waals surface area contributed by atoms with E-state index in [1.54, 1.807) is 11.8 Å². The maximum atomic E-state index is 4.67. The SMILES string of the molecule is CSc1nc(CC2CCC2)n2ncc(C(C)C)c2n1. The van der Waals surface area contributed by atoms with Gasteiger partial charge in [-0.1, -0.05) is 44.9 Å². The van der Waals surface area contributed by atoms with Crippen LogP contribution >= 0.6 is 11.8 Å². The summed E-state index contributed by atoms with van der Waals surface area (Å²) >= 11 is 1.61. The Labute approximate surface area is 118 Å². The molecule has 0 amide bonds. The van der Waals surface area contributed by atoms with Gasteiger partial charge in [0.25, 0.3) is 0 Å². The molecule has 0 aromatic carbocycles. The number of nitrogens with zero attached hydrogens (tertiary/aromatic N) is 4. The molecular formula is C14H20N4S. The first-order valence-corrected chi connectivity index (χ1v) is 8.20. The average Bonchev–Trinajstić information content (AvgIpc) is 2.77. The molecule has 0 aliphatic heterocycles. The highest BCUT2D eigenvalue weighted by Crippen LogP contribution is 2.30. The van der Waals surface area contributed by atoms with E-state index in [1.807, 2.05) is 17.0 Å². The molecule has 0 radical (unpaired) electrons. The van der Waals surface area contributed by atoms with Crippen molar-refractivity contribution in [1.82, 2.24) is 19.6 Å². The zero-order valence-corrected chi connectivity index (χ0v) is 12.6. The number of hydrogen-bond donors (Lipinski definition) is 0. The average molecular weight is 276 g/mol. The highest BCUT2D eigenvalue weighted by Gasteiger charge is 2.22. The van der Waals surface area contributed by atoms with Crippen LogP contribution in [0.5, 0.6) is 0 Å². The molecule has 1 aliphatic carbocycles. The van der Waals surface area contributed by atoms with Gasteiger partial charge in [-0.3, -0.25) is 0 Å². The number of thioether (sulfide) groups is 1. The zero-order valence-electron chi connectivity index (χ0n) is 11.8. The molecule has 3 rings (SSSR count). The molecule has 5 heteroatoms. The molecule has 19 heavy (non-hydrogen) atoms. The lowest BCUT2D eigenvalue weighted by Crippen LogP contribution is -2.18. The third kappa shape index (κ3) is 2.36. The molecule has 1 aliphatic rings. The first-order valence-electron chi connectivity index (χ1n) is 6.97. The predicted octanol–water partition coefficient (Wildman–Crippen LogP) is 3.31. The second-order valence-electron chi connectivity index (χ2n) is 5.62. The van der Waals surface area contributed by atoms with Gasteiger partial charge >= 0.3 is 0 Å². The van der Waals surface area contributed by atoms with E-state index in [-0.39, 0.29) is 0 Å². The molecule has 0 saturated heterocycles. The second kappa shape index (κ2) is 5.12. The van der Waals surface area contributed by atoms with E-state index in [0.29, 0.717) is 5.92 Å². The normalized spacial score (nSPS) is 16.2. The quantitative estimate of drug-likeness (QED) is 0.804. The Bertz CT molecular complexity index is 586. The van der Waals surface area contributed by atoms with Crippen molar-refractivity contribution in [3.63, 3.8) is 0 Å². The first kappa shape index (κ1) is 12.9. The van der Waals surface area contributed by atoms with Gasteiger partial charge in [-0.15, -0.1) is 0 Å². The summed E-state index contributed by atoms with van der Waals surface area (Å²) in [6, 6.07) is 0. The minimum atomic E-state index is 0.443. The van der Waals surface area contributed by atoms with Crippen LogP contribution in [0.4, 0.5) is 0 Å². The fraction of sp³-hybridized carbons (Fsp3) is 0.643. The molecule has 0 N–H and O–H groups in total. The van der Waals surface area contributed by atoms with E-state index < -0.39 is 0 Å². The van der Waals surface area contributed by atoms with E-state index in [9.17, 15) is 0 Å². The van der Waals surface area contributed by atoms with E-state index in [2.05, 4.69) is 28.9 Å². The fourth-order valence-electron chi connectivity index (χ4n) is 2.51. The second-order valence-corrected chi connectivity index (χ2v) is 6.39. The third-order valence-corrected chi connectivity index (χ3v) is 4.49. The number of fused-ring (bicyclic) bond motifs is 1. The predicted molar refractivity (Wildman–Crippen MR) is 77.7 cm³/mol. The molecular weight excluding hydrogens is 256 g/mol. The molecule has 0 bridgehead atoms. The summed E-state index contributed by atoms with van der Waals surface area (Å²) in [5, 5.41) is 5.37. The minimum Gasteiger partial charge on any atom is -0.207 e. The maximum Gasteiger partial charge on any atom is 0.191 e. The van der Waals surface area contributed by atoms with Gasteiger partial charge in [0.2, 0.25) is 0 Å². The lowest BCUT2D eigenvalue weighted by atomic mass is 9.83. The summed E-state index contributed by atoms with van der Waals surface area (Å²) in [7, 11) is 0. The fourth-order valence-corrected chi connectivity index (χ4v) is 2.89. The van der Waals surface area contributed by atoms with Crippen LogP contribution in [0.2, 0.25) is 0 Å². The smallest absolute Gasteiger partial charge is 0.191 e. The Morgan fingerprint density at radius 3 is 2.74 bits per heavy atom. The lowest BCUT2D eigenvalue weighted by molar-refractivity contribution is 0.306. The van der Waals surface area contributed by atoms with Crippen LogP contribution < -0.4 is 0 Å². The molecule has 2 aromatic heterocycles.